The molecule has 4 heterocycles. The second-order valence-electron chi connectivity index (χ2n) is 8.51. The SMILES string of the molecule is CC[C@@H](C(=O)N1CCC2(CC1)c1nc[nH]c1CCN2C(=O)C1CC1)n1cccn1. The highest BCUT2D eigenvalue weighted by Crippen LogP contribution is 2.45. The first kappa shape index (κ1) is 18.4. The van der Waals surface area contributed by atoms with Crippen LogP contribution in [0.5, 0.6) is 0 Å². The number of likely N-dealkylation sites (tertiary alicyclic amines) is 1. The minimum absolute atomic E-state index is 0.115. The van der Waals surface area contributed by atoms with Gasteiger partial charge in [0.2, 0.25) is 11.8 Å². The van der Waals surface area contributed by atoms with Crippen molar-refractivity contribution in [1.82, 2.24) is 29.5 Å². The predicted octanol–water partition coefficient (Wildman–Crippen LogP) is 1.87. The third-order valence-corrected chi connectivity index (χ3v) is 6.87. The molecule has 8 nitrogen and oxygen atoms in total. The molecule has 1 spiro atoms. The van der Waals surface area contributed by atoms with Crippen LogP contribution in [0.2, 0.25) is 0 Å². The lowest BCUT2D eigenvalue weighted by Gasteiger charge is -2.50. The van der Waals surface area contributed by atoms with Gasteiger partial charge in [-0.1, -0.05) is 6.92 Å². The van der Waals surface area contributed by atoms with E-state index in [4.69, 9.17) is 0 Å². The zero-order chi connectivity index (χ0) is 20.0. The quantitative estimate of drug-likeness (QED) is 0.855. The molecule has 1 atom stereocenters. The molecular weight excluding hydrogens is 368 g/mol. The lowest BCUT2D eigenvalue weighted by atomic mass is 9.78. The van der Waals surface area contributed by atoms with Crippen molar-refractivity contribution in [2.45, 2.75) is 57.0 Å². The highest BCUT2D eigenvalue weighted by Gasteiger charge is 2.51. The normalized spacial score (nSPS) is 21.8. The number of nitrogens with zero attached hydrogens (tertiary/aromatic N) is 5. The summed E-state index contributed by atoms with van der Waals surface area (Å²) in [5, 5.41) is 4.27. The summed E-state index contributed by atoms with van der Waals surface area (Å²) in [6, 6.07) is 1.58. The zero-order valence-corrected chi connectivity index (χ0v) is 16.9. The first-order chi connectivity index (χ1) is 14.1. The molecule has 0 radical (unpaired) electrons. The number of hydrogen-bond acceptors (Lipinski definition) is 4. The minimum atomic E-state index is -0.378. The number of hydrogen-bond donors (Lipinski definition) is 1. The van der Waals surface area contributed by atoms with Gasteiger partial charge in [-0.05, 0) is 38.2 Å². The van der Waals surface area contributed by atoms with Crippen LogP contribution in [-0.4, -0.2) is 61.0 Å². The van der Waals surface area contributed by atoms with Gasteiger partial charge in [0.15, 0.2) is 0 Å². The van der Waals surface area contributed by atoms with Gasteiger partial charge >= 0.3 is 0 Å². The number of H-pyrrole nitrogens is 1. The Hall–Kier alpha value is -2.64. The Bertz CT molecular complexity index is 892. The lowest BCUT2D eigenvalue weighted by Crippen LogP contribution is -2.59. The Balaban J connectivity index is 1.38. The molecule has 8 heteroatoms. The Labute approximate surface area is 170 Å². The van der Waals surface area contributed by atoms with E-state index in [1.807, 2.05) is 24.1 Å². The van der Waals surface area contributed by atoms with E-state index in [1.165, 1.54) is 0 Å². The molecule has 29 heavy (non-hydrogen) atoms. The fourth-order valence-electron chi connectivity index (χ4n) is 5.10. The molecule has 2 aliphatic heterocycles. The van der Waals surface area contributed by atoms with E-state index in [1.54, 1.807) is 17.2 Å². The molecule has 0 bridgehead atoms. The van der Waals surface area contributed by atoms with E-state index < -0.39 is 0 Å². The van der Waals surface area contributed by atoms with Crippen LogP contribution in [0.1, 0.15) is 56.5 Å². The van der Waals surface area contributed by atoms with Crippen molar-refractivity contribution in [3.05, 3.63) is 36.2 Å². The summed E-state index contributed by atoms with van der Waals surface area (Å²) in [5.41, 5.74) is 1.79. The van der Waals surface area contributed by atoms with Crippen LogP contribution < -0.4 is 0 Å². The fourth-order valence-corrected chi connectivity index (χ4v) is 5.10. The van der Waals surface area contributed by atoms with E-state index in [0.29, 0.717) is 19.5 Å². The molecule has 1 N–H and O–H groups in total. The summed E-state index contributed by atoms with van der Waals surface area (Å²) in [6.07, 6.45) is 10.3. The van der Waals surface area contributed by atoms with Gasteiger partial charge in [-0.3, -0.25) is 14.3 Å². The maximum atomic E-state index is 13.2. The van der Waals surface area contributed by atoms with E-state index in [9.17, 15) is 9.59 Å². The number of aromatic nitrogens is 4. The third kappa shape index (κ3) is 2.96. The van der Waals surface area contributed by atoms with Gasteiger partial charge in [-0.25, -0.2) is 4.98 Å². The van der Waals surface area contributed by atoms with Gasteiger partial charge in [0, 0.05) is 50.1 Å². The van der Waals surface area contributed by atoms with Gasteiger partial charge in [0.25, 0.3) is 0 Å². The second-order valence-corrected chi connectivity index (χ2v) is 8.51. The van der Waals surface area contributed by atoms with Crippen LogP contribution in [-0.2, 0) is 21.5 Å². The third-order valence-electron chi connectivity index (χ3n) is 6.87. The van der Waals surface area contributed by atoms with Crippen LogP contribution in [0.3, 0.4) is 0 Å². The number of amides is 2. The van der Waals surface area contributed by atoms with E-state index >= 15 is 0 Å². The van der Waals surface area contributed by atoms with Crippen LogP contribution in [0.15, 0.2) is 24.8 Å². The van der Waals surface area contributed by atoms with Crippen molar-refractivity contribution in [1.29, 1.82) is 0 Å². The molecule has 2 fully saturated rings. The second kappa shape index (κ2) is 7.00. The number of nitrogens with one attached hydrogen (secondary N) is 1. The monoisotopic (exact) mass is 396 g/mol. The molecule has 1 saturated heterocycles. The molecule has 2 amide bonds. The summed E-state index contributed by atoms with van der Waals surface area (Å²) in [5.74, 6) is 0.585. The van der Waals surface area contributed by atoms with Crippen molar-refractivity contribution in [3.8, 4) is 0 Å². The summed E-state index contributed by atoms with van der Waals surface area (Å²) >= 11 is 0. The van der Waals surface area contributed by atoms with Crippen LogP contribution in [0, 0.1) is 5.92 Å². The van der Waals surface area contributed by atoms with Crippen molar-refractivity contribution in [3.63, 3.8) is 0 Å². The summed E-state index contributed by atoms with van der Waals surface area (Å²) in [4.78, 5) is 38.2. The number of imidazole rings is 1. The molecule has 2 aromatic heterocycles. The lowest BCUT2D eigenvalue weighted by molar-refractivity contribution is -0.146. The molecule has 1 saturated carbocycles. The smallest absolute Gasteiger partial charge is 0.247 e. The van der Waals surface area contributed by atoms with Crippen molar-refractivity contribution >= 4 is 11.8 Å². The van der Waals surface area contributed by atoms with E-state index in [-0.39, 0.29) is 29.3 Å². The summed E-state index contributed by atoms with van der Waals surface area (Å²) < 4.78 is 1.75. The number of piperidine rings is 1. The average molecular weight is 396 g/mol. The molecule has 0 aromatic carbocycles. The maximum absolute atomic E-state index is 13.2. The Morgan fingerprint density at radius 1 is 1.28 bits per heavy atom. The van der Waals surface area contributed by atoms with Gasteiger partial charge in [0.05, 0.1) is 17.6 Å². The summed E-state index contributed by atoms with van der Waals surface area (Å²) in [6.45, 7) is 4.03. The topological polar surface area (TPSA) is 87.1 Å². The molecule has 3 aliphatic rings. The minimum Gasteiger partial charge on any atom is -0.348 e. The van der Waals surface area contributed by atoms with Crippen LogP contribution in [0.25, 0.3) is 0 Å². The highest BCUT2D eigenvalue weighted by atomic mass is 16.2. The maximum Gasteiger partial charge on any atom is 0.247 e. The largest absolute Gasteiger partial charge is 0.348 e. The van der Waals surface area contributed by atoms with Gasteiger partial charge < -0.3 is 14.8 Å². The average Bonchev–Trinajstić information content (AvgIpc) is 3.23. The molecule has 1 aliphatic carbocycles. The summed E-state index contributed by atoms with van der Waals surface area (Å²) in [7, 11) is 0. The van der Waals surface area contributed by atoms with Gasteiger partial charge in [-0.15, -0.1) is 0 Å². The number of carbonyl (C=O) groups is 2. The fraction of sp³-hybridized carbons (Fsp3) is 0.619. The molecule has 5 rings (SSSR count). The molecule has 0 unspecified atom stereocenters. The van der Waals surface area contributed by atoms with Crippen molar-refractivity contribution in [2.75, 3.05) is 19.6 Å². The van der Waals surface area contributed by atoms with E-state index in [2.05, 4.69) is 20.0 Å². The van der Waals surface area contributed by atoms with Crippen LogP contribution >= 0.6 is 0 Å². The Morgan fingerprint density at radius 2 is 2.07 bits per heavy atom. The van der Waals surface area contributed by atoms with Crippen molar-refractivity contribution in [2.24, 2.45) is 5.92 Å². The van der Waals surface area contributed by atoms with Crippen molar-refractivity contribution < 1.29 is 9.59 Å². The number of carbonyl (C=O) groups excluding carboxylic acids is 2. The van der Waals surface area contributed by atoms with Crippen LogP contribution in [0.4, 0.5) is 0 Å². The van der Waals surface area contributed by atoms with Gasteiger partial charge in [0.1, 0.15) is 6.04 Å². The molecule has 154 valence electrons. The molecule has 2 aromatic rings. The number of aromatic amines is 1. The number of fused-ring (bicyclic) bond motifs is 2. The standard InChI is InChI=1S/C21H28N6O2/c1-2-17(27-10-3-9-24-27)20(29)25-12-7-21(8-13-25)18-16(22-14-23-18)6-11-26(21)19(28)15-4-5-15/h3,9-10,14-15,17H,2,4-8,11-13H2,1H3,(H,22,23)/t17-/m0/s1. The highest BCUT2D eigenvalue weighted by molar-refractivity contribution is 5.83. The first-order valence-electron chi connectivity index (χ1n) is 10.8. The van der Waals surface area contributed by atoms with E-state index in [0.717, 1.165) is 50.0 Å². The first-order valence-corrected chi connectivity index (χ1v) is 10.8. The predicted molar refractivity (Wildman–Crippen MR) is 106 cm³/mol. The Morgan fingerprint density at radius 3 is 2.72 bits per heavy atom. The molecular formula is C21H28N6O2. The van der Waals surface area contributed by atoms with Gasteiger partial charge in [-0.2, -0.15) is 5.10 Å². The number of rotatable bonds is 4. The Kier molecular flexibility index (Phi) is 4.44. The zero-order valence-electron chi connectivity index (χ0n) is 16.9.